The largest absolute Gasteiger partial charge is 0.395 e. The minimum atomic E-state index is -0.0950. The first kappa shape index (κ1) is 13.7. The molecule has 0 aliphatic carbocycles. The Labute approximate surface area is 103 Å². The van der Waals surface area contributed by atoms with Crippen LogP contribution < -0.4 is 5.73 Å². The van der Waals surface area contributed by atoms with Crippen LogP contribution in [0.2, 0.25) is 0 Å². The van der Waals surface area contributed by atoms with E-state index < -0.39 is 0 Å². The molecule has 17 heavy (non-hydrogen) atoms. The highest BCUT2D eigenvalue weighted by Crippen LogP contribution is 2.10. The van der Waals surface area contributed by atoms with E-state index in [-0.39, 0.29) is 18.5 Å². The zero-order valence-corrected chi connectivity index (χ0v) is 10.3. The predicted octanol–water partition coefficient (Wildman–Crippen LogP) is 1.20. The van der Waals surface area contributed by atoms with Crippen LogP contribution in [0.5, 0.6) is 0 Å². The van der Waals surface area contributed by atoms with Crippen LogP contribution in [0.3, 0.4) is 0 Å². The van der Waals surface area contributed by atoms with E-state index in [0.717, 1.165) is 6.42 Å². The van der Waals surface area contributed by atoms with Gasteiger partial charge in [0.15, 0.2) is 0 Å². The molecule has 1 aromatic carbocycles. The topological polar surface area (TPSA) is 73.3 Å². The van der Waals surface area contributed by atoms with Gasteiger partial charge in [-0.1, -0.05) is 37.3 Å². The third-order valence-electron chi connectivity index (χ3n) is 2.80. The molecule has 4 nitrogen and oxygen atoms in total. The number of aliphatic hydroxyl groups excluding tert-OH is 1. The molecule has 0 spiro atoms. The van der Waals surface area contributed by atoms with Gasteiger partial charge in [-0.3, -0.25) is 10.3 Å². The van der Waals surface area contributed by atoms with E-state index >= 15 is 0 Å². The fourth-order valence-electron chi connectivity index (χ4n) is 1.97. The van der Waals surface area contributed by atoms with E-state index in [1.165, 1.54) is 5.56 Å². The van der Waals surface area contributed by atoms with Crippen LogP contribution in [0.4, 0.5) is 0 Å². The molecule has 0 radical (unpaired) electrons. The summed E-state index contributed by atoms with van der Waals surface area (Å²) in [4.78, 5) is 2.04. The number of amidine groups is 1. The van der Waals surface area contributed by atoms with E-state index in [2.05, 4.69) is 0 Å². The lowest BCUT2D eigenvalue weighted by Crippen LogP contribution is -2.44. The van der Waals surface area contributed by atoms with Gasteiger partial charge in [-0.2, -0.15) is 0 Å². The first-order chi connectivity index (χ1) is 8.19. The zero-order chi connectivity index (χ0) is 12.7. The average Bonchev–Trinajstić information content (AvgIpc) is 2.31. The lowest BCUT2D eigenvalue weighted by Gasteiger charge is -2.29. The van der Waals surface area contributed by atoms with E-state index in [1.54, 1.807) is 0 Å². The lowest BCUT2D eigenvalue weighted by atomic mass is 10.1. The summed E-state index contributed by atoms with van der Waals surface area (Å²) < 4.78 is 0. The van der Waals surface area contributed by atoms with Crippen LogP contribution >= 0.6 is 0 Å². The van der Waals surface area contributed by atoms with Crippen molar-refractivity contribution in [1.29, 1.82) is 5.41 Å². The Morgan fingerprint density at radius 3 is 2.53 bits per heavy atom. The monoisotopic (exact) mass is 235 g/mol. The van der Waals surface area contributed by atoms with Gasteiger partial charge in [0.25, 0.3) is 0 Å². The molecule has 0 saturated heterocycles. The van der Waals surface area contributed by atoms with Gasteiger partial charge in [0.05, 0.1) is 12.6 Å². The van der Waals surface area contributed by atoms with Gasteiger partial charge in [-0.05, 0) is 12.0 Å². The Bertz CT molecular complexity index is 340. The summed E-state index contributed by atoms with van der Waals surface area (Å²) in [5.74, 6) is 0.164. The van der Waals surface area contributed by atoms with Crippen molar-refractivity contribution in [3.8, 4) is 0 Å². The van der Waals surface area contributed by atoms with Crippen molar-refractivity contribution in [2.75, 3.05) is 13.2 Å². The molecule has 1 rings (SSSR count). The van der Waals surface area contributed by atoms with Crippen molar-refractivity contribution < 1.29 is 5.11 Å². The summed E-state index contributed by atoms with van der Waals surface area (Å²) in [6.07, 6.45) is 0.780. The van der Waals surface area contributed by atoms with Crippen molar-refractivity contribution in [1.82, 2.24) is 4.90 Å². The second-order valence-electron chi connectivity index (χ2n) is 4.06. The molecule has 0 saturated carbocycles. The number of hydrogen-bond acceptors (Lipinski definition) is 3. The maximum atomic E-state index is 9.09. The fraction of sp³-hybridized carbons (Fsp3) is 0.462. The quantitative estimate of drug-likeness (QED) is 0.491. The Morgan fingerprint density at radius 1 is 1.41 bits per heavy atom. The summed E-state index contributed by atoms with van der Waals surface area (Å²) in [6.45, 7) is 3.32. The molecule has 94 valence electrons. The summed E-state index contributed by atoms with van der Waals surface area (Å²) >= 11 is 0. The standard InChI is InChI=1S/C13H21N3O/c1-2-12(13(14)15)16(8-9-17)10-11-6-4-3-5-7-11/h3-7,12,17H,2,8-10H2,1H3,(H3,14,15). The lowest BCUT2D eigenvalue weighted by molar-refractivity contribution is 0.168. The predicted molar refractivity (Wildman–Crippen MR) is 69.9 cm³/mol. The minimum absolute atomic E-state index is 0.0800. The van der Waals surface area contributed by atoms with Gasteiger partial charge in [0.1, 0.15) is 5.84 Å². The van der Waals surface area contributed by atoms with E-state index in [1.807, 2.05) is 42.2 Å². The highest BCUT2D eigenvalue weighted by atomic mass is 16.3. The van der Waals surface area contributed by atoms with Gasteiger partial charge >= 0.3 is 0 Å². The summed E-state index contributed by atoms with van der Waals surface area (Å²) in [5, 5.41) is 16.7. The van der Waals surface area contributed by atoms with Crippen molar-refractivity contribution >= 4 is 5.84 Å². The Balaban J connectivity index is 2.75. The molecule has 1 aromatic rings. The fourth-order valence-corrected chi connectivity index (χ4v) is 1.97. The molecule has 0 amide bonds. The molecule has 0 bridgehead atoms. The number of nitrogens with zero attached hydrogens (tertiary/aromatic N) is 1. The molecular weight excluding hydrogens is 214 g/mol. The van der Waals surface area contributed by atoms with Crippen molar-refractivity contribution in [3.05, 3.63) is 35.9 Å². The SMILES string of the molecule is CCC(C(=N)N)N(CCO)Cc1ccccc1. The number of aliphatic hydroxyl groups is 1. The molecule has 1 unspecified atom stereocenters. The average molecular weight is 235 g/mol. The van der Waals surface area contributed by atoms with Crippen LogP contribution in [0.25, 0.3) is 0 Å². The third-order valence-corrected chi connectivity index (χ3v) is 2.80. The maximum Gasteiger partial charge on any atom is 0.108 e. The molecular formula is C13H21N3O. The Morgan fingerprint density at radius 2 is 2.06 bits per heavy atom. The minimum Gasteiger partial charge on any atom is -0.395 e. The van der Waals surface area contributed by atoms with Crippen LogP contribution in [-0.2, 0) is 6.54 Å². The van der Waals surface area contributed by atoms with Crippen LogP contribution in [0, 0.1) is 5.41 Å². The number of rotatable bonds is 7. The van der Waals surface area contributed by atoms with Gasteiger partial charge in [0.2, 0.25) is 0 Å². The molecule has 4 N–H and O–H groups in total. The van der Waals surface area contributed by atoms with E-state index in [0.29, 0.717) is 13.1 Å². The van der Waals surface area contributed by atoms with E-state index in [4.69, 9.17) is 16.2 Å². The molecule has 0 heterocycles. The smallest absolute Gasteiger partial charge is 0.108 e. The first-order valence-corrected chi connectivity index (χ1v) is 5.91. The molecule has 0 aromatic heterocycles. The van der Waals surface area contributed by atoms with Crippen molar-refractivity contribution in [3.63, 3.8) is 0 Å². The van der Waals surface area contributed by atoms with Gasteiger partial charge < -0.3 is 10.8 Å². The molecule has 4 heteroatoms. The number of nitrogens with one attached hydrogen (secondary N) is 1. The summed E-state index contributed by atoms with van der Waals surface area (Å²) in [5.41, 5.74) is 6.76. The van der Waals surface area contributed by atoms with Gasteiger partial charge in [-0.25, -0.2) is 0 Å². The molecule has 0 aliphatic rings. The Hall–Kier alpha value is -1.39. The molecule has 0 aliphatic heterocycles. The summed E-state index contributed by atoms with van der Waals surface area (Å²) in [6, 6.07) is 9.93. The van der Waals surface area contributed by atoms with Gasteiger partial charge in [-0.15, -0.1) is 0 Å². The number of nitrogens with two attached hydrogens (primary N) is 1. The second-order valence-corrected chi connectivity index (χ2v) is 4.06. The van der Waals surface area contributed by atoms with Crippen molar-refractivity contribution in [2.45, 2.75) is 25.9 Å². The van der Waals surface area contributed by atoms with Crippen LogP contribution in [0.1, 0.15) is 18.9 Å². The molecule has 0 fully saturated rings. The van der Waals surface area contributed by atoms with Crippen LogP contribution in [-0.4, -0.2) is 35.0 Å². The first-order valence-electron chi connectivity index (χ1n) is 5.91. The van der Waals surface area contributed by atoms with E-state index in [9.17, 15) is 0 Å². The zero-order valence-electron chi connectivity index (χ0n) is 10.3. The normalized spacial score (nSPS) is 12.6. The maximum absolute atomic E-state index is 9.09. The highest BCUT2D eigenvalue weighted by Gasteiger charge is 2.19. The number of hydrogen-bond donors (Lipinski definition) is 3. The van der Waals surface area contributed by atoms with Crippen molar-refractivity contribution in [2.24, 2.45) is 5.73 Å². The highest BCUT2D eigenvalue weighted by molar-refractivity contribution is 5.82. The van der Waals surface area contributed by atoms with Gasteiger partial charge in [0, 0.05) is 13.1 Å². The summed E-state index contributed by atoms with van der Waals surface area (Å²) in [7, 11) is 0. The Kier molecular flexibility index (Phi) is 5.66. The third kappa shape index (κ3) is 4.17. The molecule has 1 atom stereocenters. The number of benzene rings is 1. The van der Waals surface area contributed by atoms with Crippen LogP contribution in [0.15, 0.2) is 30.3 Å². The second kappa shape index (κ2) is 7.04.